The summed E-state index contributed by atoms with van der Waals surface area (Å²) in [6.45, 7) is 1.36. The van der Waals surface area contributed by atoms with E-state index in [2.05, 4.69) is 15.5 Å². The molecule has 0 amide bonds. The molecule has 0 aliphatic carbocycles. The van der Waals surface area contributed by atoms with Crippen LogP contribution < -0.4 is 0 Å². The number of aryl methyl sites for hydroxylation is 1. The normalized spacial score (nSPS) is 10.4. The lowest BCUT2D eigenvalue weighted by Crippen LogP contribution is -1.99. The summed E-state index contributed by atoms with van der Waals surface area (Å²) < 4.78 is 1.45. The number of Topliss-reactive ketones (excluding diaryl/α,β-unsaturated/α-hetero) is 1. The summed E-state index contributed by atoms with van der Waals surface area (Å²) in [5.74, 6) is -0.249. The predicted molar refractivity (Wildman–Crippen MR) is 66.0 cm³/mol. The molecule has 0 aliphatic heterocycles. The van der Waals surface area contributed by atoms with Crippen LogP contribution >= 0.6 is 11.8 Å². The number of carbonyl (C=O) groups excluding carboxylic acids is 1. The van der Waals surface area contributed by atoms with Crippen molar-refractivity contribution in [3.05, 3.63) is 33.9 Å². The monoisotopic (exact) mass is 279 g/mol. The quantitative estimate of drug-likeness (QED) is 0.474. The van der Waals surface area contributed by atoms with Crippen molar-refractivity contribution >= 4 is 23.2 Å². The van der Waals surface area contributed by atoms with Gasteiger partial charge in [-0.05, 0) is 35.2 Å². The maximum atomic E-state index is 11.6. The number of nitrogens with zero attached hydrogens (tertiary/aromatic N) is 5. The van der Waals surface area contributed by atoms with E-state index in [1.165, 1.54) is 41.6 Å². The third-order valence-electron chi connectivity index (χ3n) is 2.34. The van der Waals surface area contributed by atoms with Crippen LogP contribution in [0.2, 0.25) is 0 Å². The second-order valence-electron chi connectivity index (χ2n) is 3.68. The van der Waals surface area contributed by atoms with Gasteiger partial charge in [-0.2, -0.15) is 0 Å². The Morgan fingerprint density at radius 1 is 1.47 bits per heavy atom. The Kier molecular flexibility index (Phi) is 3.56. The Hall–Kier alpha value is -2.29. The molecule has 0 saturated carbocycles. The first-order valence-corrected chi connectivity index (χ1v) is 6.00. The number of benzene rings is 1. The molecule has 1 heterocycles. The summed E-state index contributed by atoms with van der Waals surface area (Å²) in [6.07, 6.45) is 0. The van der Waals surface area contributed by atoms with Gasteiger partial charge in [-0.25, -0.2) is 4.68 Å². The fourth-order valence-corrected chi connectivity index (χ4v) is 2.29. The van der Waals surface area contributed by atoms with Crippen LogP contribution in [-0.2, 0) is 7.05 Å². The molecule has 1 aromatic carbocycles. The first kappa shape index (κ1) is 13.1. The van der Waals surface area contributed by atoms with E-state index < -0.39 is 4.92 Å². The SMILES string of the molecule is CC(=O)c1cc([N+](=O)[O-])ccc1Sc1nnnn1C. The zero-order chi connectivity index (χ0) is 14.0. The number of nitro benzene ring substituents is 1. The molecule has 19 heavy (non-hydrogen) atoms. The Morgan fingerprint density at radius 3 is 2.74 bits per heavy atom. The second kappa shape index (κ2) is 5.14. The number of tetrazole rings is 1. The Bertz CT molecular complexity index is 654. The number of ketones is 1. The van der Waals surface area contributed by atoms with E-state index >= 15 is 0 Å². The molecular formula is C10H9N5O3S. The van der Waals surface area contributed by atoms with Crippen LogP contribution in [0, 0.1) is 10.1 Å². The van der Waals surface area contributed by atoms with Crippen LogP contribution in [0.1, 0.15) is 17.3 Å². The molecule has 8 nitrogen and oxygen atoms in total. The highest BCUT2D eigenvalue weighted by molar-refractivity contribution is 7.99. The number of non-ortho nitro benzene ring substituents is 1. The molecule has 9 heteroatoms. The van der Waals surface area contributed by atoms with Gasteiger partial charge in [-0.3, -0.25) is 14.9 Å². The molecule has 2 aromatic rings. The van der Waals surface area contributed by atoms with E-state index in [4.69, 9.17) is 0 Å². The largest absolute Gasteiger partial charge is 0.294 e. The second-order valence-corrected chi connectivity index (χ2v) is 4.69. The van der Waals surface area contributed by atoms with E-state index in [0.717, 1.165) is 0 Å². The number of carbonyl (C=O) groups is 1. The topological polar surface area (TPSA) is 104 Å². The van der Waals surface area contributed by atoms with Crippen molar-refractivity contribution < 1.29 is 9.72 Å². The maximum absolute atomic E-state index is 11.6. The van der Waals surface area contributed by atoms with Gasteiger partial charge in [0.2, 0.25) is 5.16 Å². The molecule has 0 N–H and O–H groups in total. The fourth-order valence-electron chi connectivity index (χ4n) is 1.40. The molecule has 0 aliphatic rings. The van der Waals surface area contributed by atoms with Gasteiger partial charge in [-0.15, -0.1) is 5.10 Å². The van der Waals surface area contributed by atoms with Crippen LogP contribution in [0.25, 0.3) is 0 Å². The number of rotatable bonds is 4. The molecule has 98 valence electrons. The van der Waals surface area contributed by atoms with Gasteiger partial charge in [0.1, 0.15) is 0 Å². The molecule has 0 saturated heterocycles. The van der Waals surface area contributed by atoms with Crippen LogP contribution in [0.5, 0.6) is 0 Å². The maximum Gasteiger partial charge on any atom is 0.270 e. The number of hydrogen-bond acceptors (Lipinski definition) is 7. The lowest BCUT2D eigenvalue weighted by atomic mass is 10.1. The smallest absolute Gasteiger partial charge is 0.270 e. The number of hydrogen-bond donors (Lipinski definition) is 0. The van der Waals surface area contributed by atoms with Crippen LogP contribution in [-0.4, -0.2) is 30.9 Å². The summed E-state index contributed by atoms with van der Waals surface area (Å²) in [4.78, 5) is 22.3. The van der Waals surface area contributed by atoms with Gasteiger partial charge in [0.25, 0.3) is 5.69 Å². The van der Waals surface area contributed by atoms with E-state index in [1.807, 2.05) is 0 Å². The van der Waals surface area contributed by atoms with Gasteiger partial charge in [0.05, 0.1) is 4.92 Å². The highest BCUT2D eigenvalue weighted by Crippen LogP contribution is 2.31. The third kappa shape index (κ3) is 2.76. The molecule has 0 spiro atoms. The van der Waals surface area contributed by atoms with E-state index in [1.54, 1.807) is 7.05 Å². The van der Waals surface area contributed by atoms with Gasteiger partial charge < -0.3 is 0 Å². The minimum atomic E-state index is -0.537. The average Bonchev–Trinajstić information content (AvgIpc) is 2.75. The Labute approximate surface area is 112 Å². The van der Waals surface area contributed by atoms with Crippen molar-refractivity contribution in [1.29, 1.82) is 0 Å². The van der Waals surface area contributed by atoms with Crippen molar-refractivity contribution in [3.8, 4) is 0 Å². The van der Waals surface area contributed by atoms with Crippen LogP contribution in [0.15, 0.2) is 28.3 Å². The molecule has 0 fully saturated rings. The van der Waals surface area contributed by atoms with Crippen LogP contribution in [0.4, 0.5) is 5.69 Å². The van der Waals surface area contributed by atoms with Crippen LogP contribution in [0.3, 0.4) is 0 Å². The van der Waals surface area contributed by atoms with E-state index in [0.29, 0.717) is 10.1 Å². The molecule has 1 aromatic heterocycles. The van der Waals surface area contributed by atoms with Gasteiger partial charge in [0, 0.05) is 29.6 Å². The van der Waals surface area contributed by atoms with Crippen molar-refractivity contribution in [2.45, 2.75) is 17.0 Å². The first-order valence-electron chi connectivity index (χ1n) is 5.18. The lowest BCUT2D eigenvalue weighted by Gasteiger charge is -2.05. The zero-order valence-corrected chi connectivity index (χ0v) is 10.9. The first-order chi connectivity index (χ1) is 8.99. The zero-order valence-electron chi connectivity index (χ0n) is 10.1. The molecule has 0 bridgehead atoms. The summed E-state index contributed by atoms with van der Waals surface area (Å²) in [5.41, 5.74) is 0.160. The molecule has 2 rings (SSSR count). The van der Waals surface area contributed by atoms with Crippen molar-refractivity contribution in [1.82, 2.24) is 20.2 Å². The Balaban J connectivity index is 2.43. The summed E-state index contributed by atoms with van der Waals surface area (Å²) in [5, 5.41) is 22.2. The summed E-state index contributed by atoms with van der Waals surface area (Å²) in [6, 6.07) is 4.13. The number of aromatic nitrogens is 4. The molecular weight excluding hydrogens is 270 g/mol. The summed E-state index contributed by atoms with van der Waals surface area (Å²) in [7, 11) is 1.67. The molecule has 0 radical (unpaired) electrons. The van der Waals surface area contributed by atoms with Gasteiger partial charge >= 0.3 is 0 Å². The molecule has 0 atom stereocenters. The lowest BCUT2D eigenvalue weighted by molar-refractivity contribution is -0.384. The predicted octanol–water partition coefficient (Wildman–Crippen LogP) is 1.47. The molecule has 0 unspecified atom stereocenters. The highest BCUT2D eigenvalue weighted by Gasteiger charge is 2.16. The minimum absolute atomic E-state index is 0.120. The van der Waals surface area contributed by atoms with Crippen molar-refractivity contribution in [2.75, 3.05) is 0 Å². The standard InChI is InChI=1S/C10H9N5O3S/c1-6(16)8-5-7(15(17)18)3-4-9(8)19-10-11-12-13-14(10)2/h3-5H,1-2H3. The number of nitro groups is 1. The van der Waals surface area contributed by atoms with E-state index in [-0.39, 0.29) is 17.0 Å². The minimum Gasteiger partial charge on any atom is -0.294 e. The average molecular weight is 279 g/mol. The third-order valence-corrected chi connectivity index (χ3v) is 3.44. The highest BCUT2D eigenvalue weighted by atomic mass is 32.2. The van der Waals surface area contributed by atoms with Gasteiger partial charge in [0.15, 0.2) is 5.78 Å². The van der Waals surface area contributed by atoms with Crippen molar-refractivity contribution in [3.63, 3.8) is 0 Å². The fraction of sp³-hybridized carbons (Fsp3) is 0.200. The Morgan fingerprint density at radius 2 is 2.21 bits per heavy atom. The van der Waals surface area contributed by atoms with Gasteiger partial charge in [-0.1, -0.05) is 0 Å². The van der Waals surface area contributed by atoms with Crippen molar-refractivity contribution in [2.24, 2.45) is 7.05 Å². The summed E-state index contributed by atoms with van der Waals surface area (Å²) >= 11 is 1.18. The van der Waals surface area contributed by atoms with E-state index in [9.17, 15) is 14.9 Å².